The van der Waals surface area contributed by atoms with Gasteiger partial charge < -0.3 is 9.30 Å². The number of fused-ring (bicyclic) bond motifs is 15. The Balaban J connectivity index is 1.29. The Morgan fingerprint density at radius 1 is 0.378 bits per heavy atom. The minimum atomic E-state index is -2.58. The van der Waals surface area contributed by atoms with Gasteiger partial charge >= 0.3 is 0 Å². The van der Waals surface area contributed by atoms with Crippen molar-refractivity contribution in [2.45, 2.75) is 0 Å². The third-order valence-corrected chi connectivity index (χ3v) is 15.4. The van der Waals surface area contributed by atoms with E-state index in [1.807, 2.05) is 0 Å². The zero-order chi connectivity index (χ0) is 29.3. The van der Waals surface area contributed by atoms with Crippen molar-refractivity contribution in [2.75, 3.05) is 4.90 Å². The fourth-order valence-corrected chi connectivity index (χ4v) is 14.4. The molecule has 0 unspecified atom stereocenters. The number of hydrogen-bond donors (Lipinski definition) is 0. The number of para-hydroxylation sites is 4. The normalized spacial score (nSPS) is 14.4. The molecule has 0 amide bonds. The van der Waals surface area contributed by atoms with E-state index in [4.69, 9.17) is 0 Å². The van der Waals surface area contributed by atoms with Gasteiger partial charge in [-0.05, 0) is 68.3 Å². The maximum Gasteiger partial charge on any atom is 0.185 e. The zero-order valence-electron chi connectivity index (χ0n) is 24.4. The molecule has 2 aromatic heterocycles. The quantitative estimate of drug-likeness (QED) is 0.177. The molecule has 9 aromatic rings. The van der Waals surface area contributed by atoms with Crippen LogP contribution in [0.5, 0.6) is 0 Å². The second-order valence-electron chi connectivity index (χ2n) is 12.5. The van der Waals surface area contributed by atoms with Crippen LogP contribution in [0.15, 0.2) is 158 Å². The minimum absolute atomic E-state index is 1.21. The van der Waals surface area contributed by atoms with Gasteiger partial charge in [-0.1, -0.05) is 121 Å². The van der Waals surface area contributed by atoms with Crippen molar-refractivity contribution < 1.29 is 0 Å². The number of nitrogens with zero attached hydrogens (tertiary/aromatic N) is 2. The smallest absolute Gasteiger partial charge is 0.185 e. The molecule has 4 heterocycles. The van der Waals surface area contributed by atoms with Gasteiger partial charge in [0.05, 0.1) is 16.6 Å². The highest BCUT2D eigenvalue weighted by atomic mass is 28.3. The molecule has 3 heteroatoms. The topological polar surface area (TPSA) is 7.65 Å². The predicted molar refractivity (Wildman–Crippen MR) is 192 cm³/mol. The summed E-state index contributed by atoms with van der Waals surface area (Å²) >= 11 is 0. The van der Waals surface area contributed by atoms with Gasteiger partial charge in [0, 0.05) is 38.6 Å². The Morgan fingerprint density at radius 3 is 1.33 bits per heavy atom. The van der Waals surface area contributed by atoms with Crippen molar-refractivity contribution in [3.63, 3.8) is 0 Å². The van der Waals surface area contributed by atoms with Crippen molar-refractivity contribution in [1.29, 1.82) is 0 Å². The summed E-state index contributed by atoms with van der Waals surface area (Å²) in [5.74, 6) is 0. The molecule has 1 spiro atoms. The molecule has 0 fully saturated rings. The lowest BCUT2D eigenvalue weighted by atomic mass is 10.1. The Hall–Kier alpha value is -5.64. The van der Waals surface area contributed by atoms with Crippen LogP contribution in [0.3, 0.4) is 0 Å². The van der Waals surface area contributed by atoms with Crippen LogP contribution >= 0.6 is 0 Å². The van der Waals surface area contributed by atoms with E-state index in [2.05, 4.69) is 167 Å². The van der Waals surface area contributed by atoms with E-state index in [9.17, 15) is 0 Å². The lowest BCUT2D eigenvalue weighted by molar-refractivity contribution is 1.30. The summed E-state index contributed by atoms with van der Waals surface area (Å²) in [6, 6.07) is 59.4. The molecule has 0 radical (unpaired) electrons. The van der Waals surface area contributed by atoms with Gasteiger partial charge in [-0.3, -0.25) is 0 Å². The highest BCUT2D eigenvalue weighted by Gasteiger charge is 2.53. The van der Waals surface area contributed by atoms with Crippen LogP contribution in [0.4, 0.5) is 17.1 Å². The first-order chi connectivity index (χ1) is 22.4. The SMILES string of the molecule is c1ccc2c(c1)-c1ccccc1[Si]21c2ccccc2N(c2cc3c4ccccc4n4c5ccccc5c(c2)c34)c2ccccc21. The van der Waals surface area contributed by atoms with Crippen LogP contribution < -0.4 is 25.6 Å². The monoisotopic (exact) mass is 586 g/mol. The molecule has 0 bridgehead atoms. The predicted octanol–water partition coefficient (Wildman–Crippen LogP) is 7.98. The van der Waals surface area contributed by atoms with E-state index in [1.54, 1.807) is 0 Å². The Labute approximate surface area is 261 Å². The second kappa shape index (κ2) is 8.29. The highest BCUT2D eigenvalue weighted by Crippen LogP contribution is 2.46. The molecular weight excluding hydrogens is 561 g/mol. The van der Waals surface area contributed by atoms with Crippen molar-refractivity contribution in [1.82, 2.24) is 4.40 Å². The van der Waals surface area contributed by atoms with E-state index in [1.165, 1.54) is 87.0 Å². The molecule has 208 valence electrons. The number of hydrogen-bond acceptors (Lipinski definition) is 1. The van der Waals surface area contributed by atoms with Crippen molar-refractivity contribution in [3.05, 3.63) is 158 Å². The summed E-state index contributed by atoms with van der Waals surface area (Å²) in [7, 11) is -2.58. The van der Waals surface area contributed by atoms with Crippen molar-refractivity contribution in [2.24, 2.45) is 0 Å². The van der Waals surface area contributed by atoms with Crippen LogP contribution in [0.1, 0.15) is 0 Å². The molecule has 0 saturated carbocycles. The number of rotatable bonds is 1. The summed E-state index contributed by atoms with van der Waals surface area (Å²) in [6.07, 6.45) is 0. The van der Waals surface area contributed by atoms with Crippen LogP contribution in [0, 0.1) is 0 Å². The number of benzene rings is 7. The summed E-state index contributed by atoms with van der Waals surface area (Å²) in [6.45, 7) is 0. The van der Waals surface area contributed by atoms with E-state index in [0.29, 0.717) is 0 Å². The summed E-state index contributed by atoms with van der Waals surface area (Å²) < 4.78 is 2.46. The Kier molecular flexibility index (Phi) is 4.38. The lowest BCUT2D eigenvalue weighted by Gasteiger charge is -2.43. The first kappa shape index (κ1) is 23.8. The molecule has 0 aliphatic carbocycles. The number of aromatic nitrogens is 1. The van der Waals surface area contributed by atoms with E-state index in [0.717, 1.165) is 0 Å². The average molecular weight is 587 g/mol. The molecule has 7 aromatic carbocycles. The highest BCUT2D eigenvalue weighted by molar-refractivity contribution is 7.23. The minimum Gasteiger partial charge on any atom is -0.311 e. The molecule has 11 rings (SSSR count). The molecule has 45 heavy (non-hydrogen) atoms. The molecule has 0 saturated heterocycles. The van der Waals surface area contributed by atoms with Crippen LogP contribution in [-0.2, 0) is 0 Å². The lowest BCUT2D eigenvalue weighted by Crippen LogP contribution is -2.75. The average Bonchev–Trinajstić information content (AvgIpc) is 3.72. The van der Waals surface area contributed by atoms with Gasteiger partial charge in [-0.15, -0.1) is 0 Å². The maximum atomic E-state index is 2.55. The number of anilines is 3. The van der Waals surface area contributed by atoms with E-state index in [-0.39, 0.29) is 0 Å². The standard InChI is InChI=1S/C42H26N2Si/c1-5-17-34-28(13-1)32-25-27(26-33-29-14-2-6-18-35(29)44(34)42(32)33)43-36-19-7-11-23-40(36)45(41-24-12-8-20-37(41)43)38-21-9-3-15-30(38)31-16-4-10-22-39(31)45/h1-26H. The second-order valence-corrected chi connectivity index (χ2v) is 16.1. The largest absolute Gasteiger partial charge is 0.311 e. The molecule has 2 aliphatic rings. The first-order valence-corrected chi connectivity index (χ1v) is 17.7. The van der Waals surface area contributed by atoms with Crippen molar-refractivity contribution in [3.8, 4) is 11.1 Å². The Morgan fingerprint density at radius 2 is 0.800 bits per heavy atom. The van der Waals surface area contributed by atoms with Crippen LogP contribution in [-0.4, -0.2) is 12.5 Å². The third-order valence-electron chi connectivity index (χ3n) is 10.5. The van der Waals surface area contributed by atoms with Crippen LogP contribution in [0.25, 0.3) is 49.2 Å². The zero-order valence-corrected chi connectivity index (χ0v) is 25.4. The fourth-order valence-electron chi connectivity index (χ4n) is 8.90. The van der Waals surface area contributed by atoms with Gasteiger partial charge in [0.1, 0.15) is 0 Å². The van der Waals surface area contributed by atoms with Gasteiger partial charge in [0.2, 0.25) is 0 Å². The first-order valence-electron chi connectivity index (χ1n) is 15.7. The van der Waals surface area contributed by atoms with Gasteiger partial charge in [-0.2, -0.15) is 0 Å². The van der Waals surface area contributed by atoms with Crippen molar-refractivity contribution >= 4 is 84.0 Å². The summed E-state index contributed by atoms with van der Waals surface area (Å²) in [4.78, 5) is 2.55. The van der Waals surface area contributed by atoms with Gasteiger partial charge in [-0.25, -0.2) is 0 Å². The Bertz CT molecular complexity index is 2500. The van der Waals surface area contributed by atoms with E-state index >= 15 is 0 Å². The van der Waals surface area contributed by atoms with Gasteiger partial charge in [0.15, 0.2) is 8.07 Å². The molecule has 0 atom stereocenters. The molecule has 2 aliphatic heterocycles. The van der Waals surface area contributed by atoms with E-state index < -0.39 is 8.07 Å². The molecular formula is C42H26N2Si. The fraction of sp³-hybridized carbons (Fsp3) is 0. The third kappa shape index (κ3) is 2.73. The summed E-state index contributed by atoms with van der Waals surface area (Å²) in [5, 5.41) is 11.1. The maximum absolute atomic E-state index is 2.58. The summed E-state index contributed by atoms with van der Waals surface area (Å²) in [5.41, 5.74) is 10.4. The van der Waals surface area contributed by atoms with Gasteiger partial charge in [0.25, 0.3) is 0 Å². The molecule has 0 N–H and O–H groups in total. The van der Waals surface area contributed by atoms with Crippen LogP contribution in [0.2, 0.25) is 0 Å². The molecule has 2 nitrogen and oxygen atoms in total.